The number of amides is 2. The summed E-state index contributed by atoms with van der Waals surface area (Å²) in [6, 6.07) is 3.94. The first-order valence-electron chi connectivity index (χ1n) is 14.5. The number of hydrogen-bond acceptors (Lipinski definition) is 6. The topological polar surface area (TPSA) is 146 Å². The van der Waals surface area contributed by atoms with Crippen LogP contribution in [-0.2, 0) is 19.2 Å². The molecule has 2 amide bonds. The number of benzene rings is 1. The van der Waals surface area contributed by atoms with Crippen LogP contribution in [0.15, 0.2) is 30.6 Å². The molecule has 2 aromatic heterocycles. The lowest BCUT2D eigenvalue weighted by atomic mass is 9.89. The molecule has 44 heavy (non-hydrogen) atoms. The Labute approximate surface area is 256 Å². The van der Waals surface area contributed by atoms with Crippen LogP contribution >= 0.6 is 11.6 Å². The molecule has 0 saturated heterocycles. The predicted octanol–water partition coefficient (Wildman–Crippen LogP) is 4.35. The van der Waals surface area contributed by atoms with Gasteiger partial charge in [-0.25, -0.2) is 18.6 Å². The number of hydrogen-bond donors (Lipinski definition) is 4. The van der Waals surface area contributed by atoms with Crippen LogP contribution < -0.4 is 5.32 Å². The van der Waals surface area contributed by atoms with Gasteiger partial charge in [-0.2, -0.15) is 5.10 Å². The largest absolute Gasteiger partial charge is 0.465 e. The molecule has 4 N–H and O–H groups in total. The van der Waals surface area contributed by atoms with Crippen molar-refractivity contribution >= 4 is 34.9 Å². The molecule has 0 spiro atoms. The van der Waals surface area contributed by atoms with Crippen molar-refractivity contribution in [1.82, 2.24) is 24.2 Å². The Bertz CT molecular complexity index is 1640. The number of carbonyl (C=O) groups excluding carboxylic acids is 1. The summed E-state index contributed by atoms with van der Waals surface area (Å²) < 4.78 is 32.6. The molecule has 3 aliphatic rings. The van der Waals surface area contributed by atoms with Crippen LogP contribution in [0.1, 0.15) is 65.6 Å². The Morgan fingerprint density at radius 2 is 1.93 bits per heavy atom. The van der Waals surface area contributed by atoms with Gasteiger partial charge in [0.1, 0.15) is 28.5 Å². The van der Waals surface area contributed by atoms with Crippen LogP contribution in [0.5, 0.6) is 0 Å². The Hall–Kier alpha value is -3.81. The molecule has 2 atom stereocenters. The van der Waals surface area contributed by atoms with Crippen LogP contribution in [-0.4, -0.2) is 71.2 Å². The van der Waals surface area contributed by atoms with Gasteiger partial charge in [-0.15, -0.1) is 0 Å². The maximum atomic E-state index is 16.1. The molecule has 6 rings (SSSR count). The second kappa shape index (κ2) is 11.6. The highest BCUT2D eigenvalue weighted by atomic mass is 35.5. The zero-order valence-corrected chi connectivity index (χ0v) is 24.8. The molecule has 2 aliphatic carbocycles. The Morgan fingerprint density at radius 3 is 2.59 bits per heavy atom. The number of aliphatic hydroxyl groups is 2. The summed E-state index contributed by atoms with van der Waals surface area (Å²) in [7, 11) is 1.72. The van der Waals surface area contributed by atoms with Crippen LogP contribution in [0, 0.1) is 23.5 Å². The lowest BCUT2D eigenvalue weighted by Gasteiger charge is -2.26. The fraction of sp³-hybridized carbons (Fsp3) is 0.467. The molecule has 1 aromatic carbocycles. The smallest absolute Gasteiger partial charge is 0.407 e. The first kappa shape index (κ1) is 30.2. The normalized spacial score (nSPS) is 24.8. The molecule has 0 radical (unpaired) electrons. The number of carbonyl (C=O) groups is 2. The number of anilines is 1. The average Bonchev–Trinajstić information content (AvgIpc) is 3.71. The van der Waals surface area contributed by atoms with Crippen molar-refractivity contribution in [2.24, 2.45) is 18.9 Å². The zero-order chi connectivity index (χ0) is 31.3. The van der Waals surface area contributed by atoms with Gasteiger partial charge in [-0.3, -0.25) is 9.48 Å². The van der Waals surface area contributed by atoms with E-state index in [0.717, 1.165) is 0 Å². The third-order valence-corrected chi connectivity index (χ3v) is 9.45. The van der Waals surface area contributed by atoms with E-state index in [-0.39, 0.29) is 66.7 Å². The summed E-state index contributed by atoms with van der Waals surface area (Å²) in [6.45, 7) is -0.0393. The van der Waals surface area contributed by atoms with Gasteiger partial charge in [0.15, 0.2) is 5.82 Å². The molecule has 2 fully saturated rings. The van der Waals surface area contributed by atoms with E-state index in [1.54, 1.807) is 24.0 Å². The molecular weight excluding hydrogens is 598 g/mol. The first-order chi connectivity index (χ1) is 21.0. The molecule has 11 nitrogen and oxygen atoms in total. The number of nitrogens with one attached hydrogen (secondary N) is 1. The summed E-state index contributed by atoms with van der Waals surface area (Å²) in [5.41, 5.74) is 0.257. The van der Waals surface area contributed by atoms with Gasteiger partial charge in [0.2, 0.25) is 0 Å². The summed E-state index contributed by atoms with van der Waals surface area (Å²) in [6.07, 6.45) is 4.46. The number of rotatable bonds is 7. The predicted molar refractivity (Wildman–Crippen MR) is 156 cm³/mol. The number of aliphatic hydroxyl groups excluding tert-OH is 1. The quantitative estimate of drug-likeness (QED) is 0.304. The van der Waals surface area contributed by atoms with E-state index in [0.29, 0.717) is 48.5 Å². The summed E-state index contributed by atoms with van der Waals surface area (Å²) in [5.74, 6) is -1.70. The summed E-state index contributed by atoms with van der Waals surface area (Å²) in [5, 5.41) is 38.0. The third-order valence-electron chi connectivity index (χ3n) is 9.16. The molecule has 14 heteroatoms. The lowest BCUT2D eigenvalue weighted by molar-refractivity contribution is 0.0209. The molecule has 3 heterocycles. The minimum Gasteiger partial charge on any atom is -0.465 e. The zero-order valence-electron chi connectivity index (χ0n) is 24.0. The molecule has 1 aliphatic heterocycles. The number of aryl methyl sites for hydroxylation is 1. The maximum absolute atomic E-state index is 16.1. The SMILES string of the molecule is Cn1cnc(C2CC3CC(O)(c4c(F)c(C5=CCCN(C(=O)O)C5)nn4CCO)CC3C2)c1C(=O)Nc1ccc(F)c(Cl)c1. The van der Waals surface area contributed by atoms with E-state index in [1.165, 1.54) is 27.8 Å². The summed E-state index contributed by atoms with van der Waals surface area (Å²) in [4.78, 5) is 30.5. The van der Waals surface area contributed by atoms with Crippen LogP contribution in [0.25, 0.3) is 5.57 Å². The van der Waals surface area contributed by atoms with Crippen LogP contribution in [0.2, 0.25) is 5.02 Å². The highest BCUT2D eigenvalue weighted by molar-refractivity contribution is 6.31. The minimum atomic E-state index is -1.53. The van der Waals surface area contributed by atoms with E-state index in [1.807, 2.05) is 0 Å². The average molecular weight is 631 g/mol. The van der Waals surface area contributed by atoms with Crippen molar-refractivity contribution in [3.05, 3.63) is 70.0 Å². The lowest BCUT2D eigenvalue weighted by Crippen LogP contribution is -2.34. The minimum absolute atomic E-state index is 0.00524. The molecule has 2 saturated carbocycles. The standard InChI is InChI=1S/C30H33ClF2N6O5/c1-37-15-34-25(26(37)28(41)35-20-4-5-22(32)21(31)11-20)17-9-18-12-30(44,13-19(18)10-17)27-23(33)24(36-39(27)7-8-40)16-3-2-6-38(14-16)29(42)43/h3-5,11,15,17-19,40,44H,2,6-10,12-14H2,1H3,(H,35,41)(H,42,43). The second-order valence-electron chi connectivity index (χ2n) is 12.0. The number of imidazole rings is 1. The number of nitrogens with zero attached hydrogens (tertiary/aromatic N) is 5. The molecule has 3 aromatic rings. The molecule has 234 valence electrons. The van der Waals surface area contributed by atoms with Crippen molar-refractivity contribution in [2.75, 3.05) is 25.0 Å². The van der Waals surface area contributed by atoms with E-state index in [4.69, 9.17) is 11.6 Å². The Balaban J connectivity index is 1.21. The fourth-order valence-corrected chi connectivity index (χ4v) is 7.47. The highest BCUT2D eigenvalue weighted by Gasteiger charge is 2.53. The summed E-state index contributed by atoms with van der Waals surface area (Å²) >= 11 is 5.87. The first-order valence-corrected chi connectivity index (χ1v) is 14.9. The van der Waals surface area contributed by atoms with E-state index in [9.17, 15) is 29.3 Å². The monoisotopic (exact) mass is 630 g/mol. The van der Waals surface area contributed by atoms with Crippen molar-refractivity contribution in [1.29, 1.82) is 0 Å². The van der Waals surface area contributed by atoms with E-state index in [2.05, 4.69) is 15.4 Å². The Morgan fingerprint density at radius 1 is 1.20 bits per heavy atom. The third kappa shape index (κ3) is 5.37. The number of halogens is 3. The van der Waals surface area contributed by atoms with Crippen LogP contribution in [0.3, 0.4) is 0 Å². The van der Waals surface area contributed by atoms with Crippen molar-refractivity contribution in [3.63, 3.8) is 0 Å². The van der Waals surface area contributed by atoms with Gasteiger partial charge in [0, 0.05) is 25.2 Å². The highest BCUT2D eigenvalue weighted by Crippen LogP contribution is 2.57. The maximum Gasteiger partial charge on any atom is 0.407 e. The van der Waals surface area contributed by atoms with Crippen molar-refractivity contribution in [3.8, 4) is 0 Å². The fourth-order valence-electron chi connectivity index (χ4n) is 7.29. The molecular formula is C30H33ClF2N6O5. The van der Waals surface area contributed by atoms with Crippen LogP contribution in [0.4, 0.5) is 19.3 Å². The van der Waals surface area contributed by atoms with Crippen molar-refractivity contribution in [2.45, 2.75) is 50.2 Å². The van der Waals surface area contributed by atoms with Crippen molar-refractivity contribution < 1.29 is 33.7 Å². The number of carboxylic acid groups (broad SMARTS) is 1. The van der Waals surface area contributed by atoms with Gasteiger partial charge >= 0.3 is 6.09 Å². The van der Waals surface area contributed by atoms with Gasteiger partial charge in [-0.1, -0.05) is 17.7 Å². The van der Waals surface area contributed by atoms with E-state index >= 15 is 4.39 Å². The Kier molecular flexibility index (Phi) is 7.97. The van der Waals surface area contributed by atoms with Gasteiger partial charge in [0.05, 0.1) is 36.7 Å². The van der Waals surface area contributed by atoms with Gasteiger partial charge in [-0.05, 0) is 67.7 Å². The van der Waals surface area contributed by atoms with E-state index < -0.39 is 29.2 Å². The number of fused-ring (bicyclic) bond motifs is 1. The number of aromatic nitrogens is 4. The second-order valence-corrected chi connectivity index (χ2v) is 12.4. The molecule has 0 bridgehead atoms. The van der Waals surface area contributed by atoms with Gasteiger partial charge in [0.25, 0.3) is 5.91 Å². The van der Waals surface area contributed by atoms with Gasteiger partial charge < -0.3 is 30.1 Å². The molecule has 2 unspecified atom stereocenters.